The van der Waals surface area contributed by atoms with E-state index < -0.39 is 10.0 Å². The number of hydrogen-bond acceptors (Lipinski definition) is 4. The first kappa shape index (κ1) is 14.6. The maximum Gasteiger partial charge on any atom is 0.265 e. The summed E-state index contributed by atoms with van der Waals surface area (Å²) < 4.78 is 32.8. The Balaban J connectivity index is 2.16. The van der Waals surface area contributed by atoms with Crippen molar-refractivity contribution in [2.45, 2.75) is 11.5 Å². The zero-order valence-corrected chi connectivity index (χ0v) is 12.6. The standard InChI is InChI=1S/C16H14N2O3S/c17-11-13-5-2-4-8-16(13)22(19,20)18-9-10-21-12-14-6-1-3-7-15(14)18/h1-8H,9-10,12H2. The van der Waals surface area contributed by atoms with Gasteiger partial charge in [0, 0.05) is 5.56 Å². The molecule has 112 valence electrons. The lowest BCUT2D eigenvalue weighted by Gasteiger charge is -2.24. The lowest BCUT2D eigenvalue weighted by atomic mass is 10.2. The van der Waals surface area contributed by atoms with E-state index in [-0.39, 0.29) is 17.0 Å². The topological polar surface area (TPSA) is 70.4 Å². The molecule has 3 rings (SSSR count). The third kappa shape index (κ3) is 2.45. The van der Waals surface area contributed by atoms with Gasteiger partial charge in [0.05, 0.1) is 31.0 Å². The Bertz CT molecular complexity index is 840. The van der Waals surface area contributed by atoms with Crippen LogP contribution in [-0.2, 0) is 21.4 Å². The van der Waals surface area contributed by atoms with E-state index in [1.54, 1.807) is 24.3 Å². The van der Waals surface area contributed by atoms with Gasteiger partial charge in [-0.25, -0.2) is 8.42 Å². The average molecular weight is 314 g/mol. The molecule has 0 aromatic heterocycles. The monoisotopic (exact) mass is 314 g/mol. The maximum atomic E-state index is 13.0. The number of benzene rings is 2. The lowest BCUT2D eigenvalue weighted by molar-refractivity contribution is 0.133. The van der Waals surface area contributed by atoms with Gasteiger partial charge in [0.2, 0.25) is 0 Å². The summed E-state index contributed by atoms with van der Waals surface area (Å²) in [4.78, 5) is 0.0224. The molecule has 0 saturated heterocycles. The van der Waals surface area contributed by atoms with E-state index in [2.05, 4.69) is 0 Å². The van der Waals surface area contributed by atoms with Gasteiger partial charge in [-0.3, -0.25) is 4.31 Å². The Hall–Kier alpha value is -2.36. The number of para-hydroxylation sites is 1. The molecule has 5 nitrogen and oxygen atoms in total. The fourth-order valence-corrected chi connectivity index (χ4v) is 4.11. The summed E-state index contributed by atoms with van der Waals surface area (Å²) in [6, 6.07) is 15.4. The van der Waals surface area contributed by atoms with E-state index in [0.29, 0.717) is 18.9 Å². The van der Waals surface area contributed by atoms with Crippen molar-refractivity contribution < 1.29 is 13.2 Å². The predicted octanol–water partition coefficient (Wildman–Crippen LogP) is 2.28. The summed E-state index contributed by atoms with van der Waals surface area (Å²) in [5.74, 6) is 0. The molecule has 0 aliphatic carbocycles. The van der Waals surface area contributed by atoms with Gasteiger partial charge in [0.15, 0.2) is 0 Å². The Labute approximate surface area is 129 Å². The maximum absolute atomic E-state index is 13.0. The Morgan fingerprint density at radius 1 is 1.09 bits per heavy atom. The molecule has 1 aliphatic heterocycles. The van der Waals surface area contributed by atoms with Crippen LogP contribution in [0.3, 0.4) is 0 Å². The molecule has 0 spiro atoms. The van der Waals surface area contributed by atoms with Gasteiger partial charge in [-0.1, -0.05) is 30.3 Å². The summed E-state index contributed by atoms with van der Waals surface area (Å²) in [5.41, 5.74) is 1.57. The summed E-state index contributed by atoms with van der Waals surface area (Å²) in [6.45, 7) is 0.907. The van der Waals surface area contributed by atoms with Gasteiger partial charge < -0.3 is 4.74 Å². The molecule has 2 aromatic carbocycles. The number of ether oxygens (including phenoxy) is 1. The van der Waals surface area contributed by atoms with Crippen LogP contribution in [0.25, 0.3) is 0 Å². The van der Waals surface area contributed by atoms with Crippen LogP contribution in [0.15, 0.2) is 53.4 Å². The first-order valence-electron chi connectivity index (χ1n) is 6.82. The highest BCUT2D eigenvalue weighted by molar-refractivity contribution is 7.92. The number of sulfonamides is 1. The molecule has 1 aliphatic rings. The molecule has 0 saturated carbocycles. The average Bonchev–Trinajstić information content (AvgIpc) is 2.77. The van der Waals surface area contributed by atoms with Crippen molar-refractivity contribution in [3.63, 3.8) is 0 Å². The third-order valence-corrected chi connectivity index (χ3v) is 5.40. The second-order valence-corrected chi connectivity index (χ2v) is 6.70. The Kier molecular flexibility index (Phi) is 3.84. The van der Waals surface area contributed by atoms with Gasteiger partial charge >= 0.3 is 0 Å². The fraction of sp³-hybridized carbons (Fsp3) is 0.188. The van der Waals surface area contributed by atoms with Crippen LogP contribution in [0, 0.1) is 11.3 Å². The summed E-state index contributed by atoms with van der Waals surface area (Å²) in [6.07, 6.45) is 0. The molecular weight excluding hydrogens is 300 g/mol. The Morgan fingerprint density at radius 2 is 1.82 bits per heavy atom. The SMILES string of the molecule is N#Cc1ccccc1S(=O)(=O)N1CCOCc2ccccc21. The molecule has 2 aromatic rings. The van der Waals surface area contributed by atoms with Crippen molar-refractivity contribution in [1.82, 2.24) is 0 Å². The molecule has 6 heteroatoms. The van der Waals surface area contributed by atoms with Crippen molar-refractivity contribution in [3.05, 3.63) is 59.7 Å². The normalized spacial score (nSPS) is 14.8. The van der Waals surface area contributed by atoms with Crippen LogP contribution in [-0.4, -0.2) is 21.6 Å². The third-order valence-electron chi connectivity index (χ3n) is 3.53. The minimum Gasteiger partial charge on any atom is -0.375 e. The quantitative estimate of drug-likeness (QED) is 0.852. The van der Waals surface area contributed by atoms with Gasteiger partial charge in [-0.2, -0.15) is 5.26 Å². The van der Waals surface area contributed by atoms with E-state index in [1.807, 2.05) is 18.2 Å². The van der Waals surface area contributed by atoms with Gasteiger partial charge in [-0.15, -0.1) is 0 Å². The predicted molar refractivity (Wildman–Crippen MR) is 81.8 cm³/mol. The molecule has 0 radical (unpaired) electrons. The van der Waals surface area contributed by atoms with Gasteiger partial charge in [0.25, 0.3) is 10.0 Å². The van der Waals surface area contributed by atoms with E-state index >= 15 is 0 Å². The summed E-state index contributed by atoms with van der Waals surface area (Å²) >= 11 is 0. The van der Waals surface area contributed by atoms with Crippen LogP contribution in [0.5, 0.6) is 0 Å². The highest BCUT2D eigenvalue weighted by Crippen LogP contribution is 2.30. The van der Waals surface area contributed by atoms with Crippen LogP contribution in [0.2, 0.25) is 0 Å². The molecule has 22 heavy (non-hydrogen) atoms. The zero-order valence-electron chi connectivity index (χ0n) is 11.8. The van der Waals surface area contributed by atoms with Crippen LogP contribution in [0.1, 0.15) is 11.1 Å². The van der Waals surface area contributed by atoms with Crippen molar-refractivity contribution in [2.75, 3.05) is 17.5 Å². The minimum atomic E-state index is -3.81. The smallest absolute Gasteiger partial charge is 0.265 e. The largest absolute Gasteiger partial charge is 0.375 e. The van der Waals surface area contributed by atoms with Crippen molar-refractivity contribution in [3.8, 4) is 6.07 Å². The second-order valence-electron chi connectivity index (χ2n) is 4.87. The number of nitriles is 1. The number of rotatable bonds is 2. The van der Waals surface area contributed by atoms with Crippen molar-refractivity contribution >= 4 is 15.7 Å². The highest BCUT2D eigenvalue weighted by atomic mass is 32.2. The van der Waals surface area contributed by atoms with Gasteiger partial charge in [0.1, 0.15) is 11.0 Å². The van der Waals surface area contributed by atoms with Crippen LogP contribution >= 0.6 is 0 Å². The number of fused-ring (bicyclic) bond motifs is 1. The van der Waals surface area contributed by atoms with E-state index in [4.69, 9.17) is 4.74 Å². The fourth-order valence-electron chi connectivity index (χ4n) is 2.48. The molecule has 0 amide bonds. The molecule has 0 fully saturated rings. The van der Waals surface area contributed by atoms with Crippen LogP contribution < -0.4 is 4.31 Å². The number of hydrogen-bond donors (Lipinski definition) is 0. The molecule has 0 bridgehead atoms. The van der Waals surface area contributed by atoms with Gasteiger partial charge in [-0.05, 0) is 18.2 Å². The molecule has 1 heterocycles. The van der Waals surface area contributed by atoms with Crippen molar-refractivity contribution in [2.24, 2.45) is 0 Å². The minimum absolute atomic E-state index is 0.0224. The van der Waals surface area contributed by atoms with Crippen molar-refractivity contribution in [1.29, 1.82) is 5.26 Å². The summed E-state index contributed by atoms with van der Waals surface area (Å²) in [5, 5.41) is 9.17. The number of anilines is 1. The van der Waals surface area contributed by atoms with Crippen LogP contribution in [0.4, 0.5) is 5.69 Å². The van der Waals surface area contributed by atoms with E-state index in [1.165, 1.54) is 16.4 Å². The highest BCUT2D eigenvalue weighted by Gasteiger charge is 2.29. The first-order chi connectivity index (χ1) is 10.6. The second kappa shape index (κ2) is 5.79. The van der Waals surface area contributed by atoms with E-state index in [0.717, 1.165) is 5.56 Å². The molecule has 0 N–H and O–H groups in total. The zero-order chi connectivity index (χ0) is 15.6. The molecule has 0 unspecified atom stereocenters. The Morgan fingerprint density at radius 3 is 2.64 bits per heavy atom. The number of nitrogens with zero attached hydrogens (tertiary/aromatic N) is 2. The molecular formula is C16H14N2O3S. The summed E-state index contributed by atoms with van der Waals surface area (Å²) in [7, 11) is -3.81. The van der Waals surface area contributed by atoms with E-state index in [9.17, 15) is 13.7 Å². The first-order valence-corrected chi connectivity index (χ1v) is 8.26. The lowest BCUT2D eigenvalue weighted by Crippen LogP contribution is -2.33. The molecule has 0 atom stereocenters.